The van der Waals surface area contributed by atoms with Crippen molar-refractivity contribution in [3.8, 4) is 0 Å². The van der Waals surface area contributed by atoms with E-state index < -0.39 is 6.10 Å². The Morgan fingerprint density at radius 3 is 0.695 bits per heavy atom. The van der Waals surface area contributed by atoms with Crippen LogP contribution in [0.2, 0.25) is 0 Å². The summed E-state index contributed by atoms with van der Waals surface area (Å²) in [5.74, 6) is -0.851. The molecular weight excluding hydrogens is 1010 g/mol. The number of carbonyl (C=O) groups is 3. The quantitative estimate of drug-likeness (QED) is 0.0261. The smallest absolute Gasteiger partial charge is 0.306 e. The van der Waals surface area contributed by atoms with Crippen LogP contribution in [0.1, 0.15) is 400 Å². The van der Waals surface area contributed by atoms with Crippen LogP contribution in [0.15, 0.2) is 48.6 Å². The molecule has 1 atom stereocenters. The molecule has 480 valence electrons. The van der Waals surface area contributed by atoms with E-state index in [4.69, 9.17) is 14.2 Å². The van der Waals surface area contributed by atoms with Gasteiger partial charge in [0.15, 0.2) is 6.10 Å². The van der Waals surface area contributed by atoms with Crippen LogP contribution < -0.4 is 0 Å². The monoisotopic (exact) mass is 1150 g/mol. The molecule has 0 radical (unpaired) electrons. The maximum absolute atomic E-state index is 13.0. The van der Waals surface area contributed by atoms with Gasteiger partial charge in [0.25, 0.3) is 0 Å². The molecule has 0 aromatic heterocycles. The SMILES string of the molecule is CCCCCCC/C=C\C/C=C\C/C=C\CCCCCCCCCCC(=O)OC(COC(=O)CCCCCCCCCCCCCC)COC(=O)CCCCCCCCCCCCCCCCCCC/C=C\CCCCCCCCCC. The van der Waals surface area contributed by atoms with Crippen LogP contribution in [0, 0.1) is 0 Å². The number of esters is 3. The molecule has 0 saturated heterocycles. The van der Waals surface area contributed by atoms with Crippen LogP contribution >= 0.6 is 0 Å². The molecule has 0 N–H and O–H groups in total. The van der Waals surface area contributed by atoms with Gasteiger partial charge in [-0.25, -0.2) is 0 Å². The zero-order valence-corrected chi connectivity index (χ0v) is 55.3. The zero-order valence-electron chi connectivity index (χ0n) is 55.3. The molecular formula is C76H140O6. The number of allylic oxidation sites excluding steroid dienone is 8. The molecule has 6 nitrogen and oxygen atoms in total. The predicted octanol–water partition coefficient (Wildman–Crippen LogP) is 25.3. The van der Waals surface area contributed by atoms with Crippen LogP contribution in [0.5, 0.6) is 0 Å². The third-order valence-corrected chi connectivity index (χ3v) is 16.6. The lowest BCUT2D eigenvalue weighted by Gasteiger charge is -2.18. The van der Waals surface area contributed by atoms with E-state index in [1.807, 2.05) is 0 Å². The van der Waals surface area contributed by atoms with Gasteiger partial charge in [-0.3, -0.25) is 14.4 Å². The average molecular weight is 1150 g/mol. The van der Waals surface area contributed by atoms with Gasteiger partial charge in [0, 0.05) is 19.3 Å². The number of hydrogen-bond donors (Lipinski definition) is 0. The highest BCUT2D eigenvalue weighted by Gasteiger charge is 2.19. The Morgan fingerprint density at radius 2 is 0.439 bits per heavy atom. The van der Waals surface area contributed by atoms with E-state index >= 15 is 0 Å². The molecule has 1 unspecified atom stereocenters. The Labute approximate surface area is 511 Å². The van der Waals surface area contributed by atoms with Crippen molar-refractivity contribution in [3.05, 3.63) is 48.6 Å². The van der Waals surface area contributed by atoms with Crippen LogP contribution in [0.25, 0.3) is 0 Å². The zero-order chi connectivity index (χ0) is 59.2. The van der Waals surface area contributed by atoms with Crippen molar-refractivity contribution in [1.29, 1.82) is 0 Å². The van der Waals surface area contributed by atoms with E-state index in [9.17, 15) is 14.4 Å². The normalized spacial score (nSPS) is 12.3. The number of rotatable bonds is 68. The lowest BCUT2D eigenvalue weighted by molar-refractivity contribution is -0.167. The molecule has 0 spiro atoms. The summed E-state index contributed by atoms with van der Waals surface area (Å²) in [5, 5.41) is 0. The molecule has 0 heterocycles. The van der Waals surface area contributed by atoms with Gasteiger partial charge in [-0.2, -0.15) is 0 Å². The Bertz CT molecular complexity index is 1410. The van der Waals surface area contributed by atoms with Gasteiger partial charge in [0.2, 0.25) is 0 Å². The molecule has 0 aliphatic heterocycles. The van der Waals surface area contributed by atoms with Gasteiger partial charge >= 0.3 is 17.9 Å². The summed E-state index contributed by atoms with van der Waals surface area (Å²) in [6.45, 7) is 6.69. The first-order chi connectivity index (χ1) is 40.5. The number of ether oxygens (including phenoxy) is 3. The van der Waals surface area contributed by atoms with Crippen LogP contribution in [0.4, 0.5) is 0 Å². The molecule has 0 bridgehead atoms. The lowest BCUT2D eigenvalue weighted by atomic mass is 10.0. The van der Waals surface area contributed by atoms with Gasteiger partial charge in [-0.05, 0) is 83.5 Å². The minimum absolute atomic E-state index is 0.0712. The van der Waals surface area contributed by atoms with Crippen LogP contribution in [-0.2, 0) is 28.6 Å². The van der Waals surface area contributed by atoms with Gasteiger partial charge in [-0.15, -0.1) is 0 Å². The summed E-state index contributed by atoms with van der Waals surface area (Å²) < 4.78 is 17.0. The molecule has 0 aromatic carbocycles. The summed E-state index contributed by atoms with van der Waals surface area (Å²) in [5.41, 5.74) is 0. The second-order valence-electron chi connectivity index (χ2n) is 24.9. The van der Waals surface area contributed by atoms with Crippen molar-refractivity contribution in [3.63, 3.8) is 0 Å². The van der Waals surface area contributed by atoms with Gasteiger partial charge < -0.3 is 14.2 Å². The first kappa shape index (κ1) is 79.4. The largest absolute Gasteiger partial charge is 0.462 e. The minimum atomic E-state index is -0.776. The molecule has 0 fully saturated rings. The molecule has 82 heavy (non-hydrogen) atoms. The Kier molecular flexibility index (Phi) is 68.6. The van der Waals surface area contributed by atoms with Crippen LogP contribution in [0.3, 0.4) is 0 Å². The third-order valence-electron chi connectivity index (χ3n) is 16.6. The second-order valence-corrected chi connectivity index (χ2v) is 24.9. The van der Waals surface area contributed by atoms with E-state index in [-0.39, 0.29) is 31.1 Å². The standard InChI is InChI=1S/C76H140O6/c1-4-7-10-13-16-19-22-25-27-29-31-33-35-36-37-38-39-40-42-43-45-47-49-51-54-57-60-63-66-69-75(78)81-72-73(71-80-74(77)68-65-62-59-56-53-24-21-18-15-12-9-6-3)82-76(79)70-67-64-61-58-55-52-50-48-46-44-41-34-32-30-28-26-23-20-17-14-11-8-5-2/h23,26,29-32,41,44,73H,4-22,24-25,27-28,33-40,42-43,45-72H2,1-3H3/b26-23-,31-29-,32-30-,44-41-. The topological polar surface area (TPSA) is 78.9 Å². The number of unbranched alkanes of at least 4 members (excludes halogenated alkanes) is 49. The van der Waals surface area contributed by atoms with Crippen molar-refractivity contribution in [2.75, 3.05) is 13.2 Å². The second kappa shape index (κ2) is 70.9. The highest BCUT2D eigenvalue weighted by Crippen LogP contribution is 2.18. The highest BCUT2D eigenvalue weighted by molar-refractivity contribution is 5.71. The lowest BCUT2D eigenvalue weighted by Crippen LogP contribution is -2.30. The minimum Gasteiger partial charge on any atom is -0.462 e. The van der Waals surface area contributed by atoms with E-state index in [1.54, 1.807) is 0 Å². The van der Waals surface area contributed by atoms with Gasteiger partial charge in [-0.1, -0.05) is 345 Å². The molecule has 0 aliphatic carbocycles. The van der Waals surface area contributed by atoms with E-state index in [0.717, 1.165) is 77.0 Å². The molecule has 0 saturated carbocycles. The summed E-state index contributed by atoms with van der Waals surface area (Å²) in [7, 11) is 0. The highest BCUT2D eigenvalue weighted by atomic mass is 16.6. The first-order valence-electron chi connectivity index (χ1n) is 36.6. The van der Waals surface area contributed by atoms with Crippen molar-refractivity contribution in [2.45, 2.75) is 406 Å². The van der Waals surface area contributed by atoms with Crippen molar-refractivity contribution >= 4 is 17.9 Å². The fourth-order valence-corrected chi connectivity index (χ4v) is 11.0. The predicted molar refractivity (Wildman–Crippen MR) is 358 cm³/mol. The van der Waals surface area contributed by atoms with Gasteiger partial charge in [0.1, 0.15) is 13.2 Å². The Hall–Kier alpha value is -2.63. The Balaban J connectivity index is 4.19. The molecule has 6 heteroatoms. The average Bonchev–Trinajstić information content (AvgIpc) is 3.47. The third kappa shape index (κ3) is 68.2. The Morgan fingerprint density at radius 1 is 0.244 bits per heavy atom. The number of hydrogen-bond acceptors (Lipinski definition) is 6. The molecule has 0 aliphatic rings. The first-order valence-corrected chi connectivity index (χ1v) is 36.6. The fourth-order valence-electron chi connectivity index (χ4n) is 11.0. The maximum Gasteiger partial charge on any atom is 0.306 e. The van der Waals surface area contributed by atoms with E-state index in [1.165, 1.54) is 283 Å². The van der Waals surface area contributed by atoms with Crippen molar-refractivity contribution < 1.29 is 28.6 Å². The van der Waals surface area contributed by atoms with Crippen LogP contribution in [-0.4, -0.2) is 37.2 Å². The number of carbonyl (C=O) groups excluding carboxylic acids is 3. The summed E-state index contributed by atoms with van der Waals surface area (Å²) >= 11 is 0. The molecule has 0 aromatic rings. The summed E-state index contributed by atoms with van der Waals surface area (Å²) in [6, 6.07) is 0. The summed E-state index contributed by atoms with van der Waals surface area (Å²) in [6.07, 6.45) is 90.1. The maximum atomic E-state index is 13.0. The summed E-state index contributed by atoms with van der Waals surface area (Å²) in [4.78, 5) is 38.4. The van der Waals surface area contributed by atoms with Gasteiger partial charge in [0.05, 0.1) is 0 Å². The van der Waals surface area contributed by atoms with E-state index in [2.05, 4.69) is 69.4 Å². The van der Waals surface area contributed by atoms with Crippen molar-refractivity contribution in [1.82, 2.24) is 0 Å². The van der Waals surface area contributed by atoms with Crippen molar-refractivity contribution in [2.24, 2.45) is 0 Å². The molecule has 0 amide bonds. The fraction of sp³-hybridized carbons (Fsp3) is 0.855. The van der Waals surface area contributed by atoms with E-state index in [0.29, 0.717) is 19.3 Å². The molecule has 0 rings (SSSR count).